The predicted molar refractivity (Wildman–Crippen MR) is 96.2 cm³/mol. The molecule has 4 N–H and O–H groups in total. The first kappa shape index (κ1) is 16.9. The van der Waals surface area contributed by atoms with Crippen LogP contribution in [0.5, 0.6) is 0 Å². The number of aromatic nitrogens is 1. The topological polar surface area (TPSA) is 122 Å². The highest BCUT2D eigenvalue weighted by atomic mass is 32.2. The number of nitrogens with two attached hydrogens (primary N) is 1. The molecule has 0 aliphatic carbocycles. The molecule has 3 aromatic rings. The number of carboxylic acids is 1. The Balaban J connectivity index is 1.89. The van der Waals surface area contributed by atoms with Crippen LogP contribution in [-0.2, 0) is 10.0 Å². The van der Waals surface area contributed by atoms with Crippen molar-refractivity contribution in [1.82, 2.24) is 4.98 Å². The van der Waals surface area contributed by atoms with Gasteiger partial charge in [0.1, 0.15) is 0 Å². The molecule has 3 rings (SSSR count). The molecule has 1 heterocycles. The second-order valence-electron chi connectivity index (χ2n) is 5.06. The maximum atomic E-state index is 12.5. The molecule has 128 valence electrons. The van der Waals surface area contributed by atoms with Crippen LogP contribution in [0, 0.1) is 0 Å². The van der Waals surface area contributed by atoms with Gasteiger partial charge < -0.3 is 10.8 Å². The van der Waals surface area contributed by atoms with Crippen molar-refractivity contribution in [1.29, 1.82) is 0 Å². The van der Waals surface area contributed by atoms with Gasteiger partial charge in [-0.3, -0.25) is 4.72 Å². The number of anilines is 2. The van der Waals surface area contributed by atoms with Crippen molar-refractivity contribution in [2.24, 2.45) is 0 Å². The Morgan fingerprint density at radius 1 is 1.16 bits per heavy atom. The lowest BCUT2D eigenvalue weighted by atomic mass is 10.2. The van der Waals surface area contributed by atoms with Gasteiger partial charge in [0.15, 0.2) is 5.13 Å². The zero-order valence-electron chi connectivity index (χ0n) is 12.7. The molecule has 0 spiro atoms. The molecule has 0 saturated carbocycles. The van der Waals surface area contributed by atoms with Crippen molar-refractivity contribution in [2.45, 2.75) is 4.90 Å². The highest BCUT2D eigenvalue weighted by Gasteiger charge is 2.19. The Kier molecular flexibility index (Phi) is 4.43. The van der Waals surface area contributed by atoms with E-state index in [2.05, 4.69) is 9.71 Å². The number of benzene rings is 2. The van der Waals surface area contributed by atoms with Crippen LogP contribution in [0.3, 0.4) is 0 Å². The van der Waals surface area contributed by atoms with Crippen LogP contribution < -0.4 is 10.5 Å². The zero-order chi connectivity index (χ0) is 18.0. The molecule has 0 amide bonds. The smallest absolute Gasteiger partial charge is 0.337 e. The Morgan fingerprint density at radius 2 is 1.88 bits per heavy atom. The lowest BCUT2D eigenvalue weighted by molar-refractivity contribution is 0.0698. The standard InChI is InChI=1S/C16H13N3O4S2/c17-13-7-6-11(8-12(13)15(20)21)25(22,23)19-16-18-14(9-24-16)10-4-2-1-3-5-10/h1-9H,17H2,(H,18,19)(H,20,21). The number of carboxylic acid groups (broad SMARTS) is 1. The van der Waals surface area contributed by atoms with Gasteiger partial charge in [-0.25, -0.2) is 18.2 Å². The maximum Gasteiger partial charge on any atom is 0.337 e. The summed E-state index contributed by atoms with van der Waals surface area (Å²) in [4.78, 5) is 15.2. The molecule has 2 aromatic carbocycles. The fourth-order valence-electron chi connectivity index (χ4n) is 2.12. The quantitative estimate of drug-likeness (QED) is 0.589. The number of nitrogens with one attached hydrogen (secondary N) is 1. The Hall–Kier alpha value is -2.91. The van der Waals surface area contributed by atoms with Gasteiger partial charge in [0.25, 0.3) is 10.0 Å². The van der Waals surface area contributed by atoms with Crippen molar-refractivity contribution in [3.8, 4) is 11.3 Å². The normalized spacial score (nSPS) is 11.2. The third-order valence-corrected chi connectivity index (χ3v) is 5.58. The summed E-state index contributed by atoms with van der Waals surface area (Å²) in [5, 5.41) is 11.0. The van der Waals surface area contributed by atoms with Crippen LogP contribution in [0.25, 0.3) is 11.3 Å². The van der Waals surface area contributed by atoms with Gasteiger partial charge in [-0.2, -0.15) is 0 Å². The molecule has 0 radical (unpaired) electrons. The van der Waals surface area contributed by atoms with E-state index in [0.717, 1.165) is 23.0 Å². The summed E-state index contributed by atoms with van der Waals surface area (Å²) in [6, 6.07) is 12.8. The summed E-state index contributed by atoms with van der Waals surface area (Å²) in [6.45, 7) is 0. The van der Waals surface area contributed by atoms with Gasteiger partial charge >= 0.3 is 5.97 Å². The van der Waals surface area contributed by atoms with Crippen molar-refractivity contribution in [3.63, 3.8) is 0 Å². The SMILES string of the molecule is Nc1ccc(S(=O)(=O)Nc2nc(-c3ccccc3)cs2)cc1C(=O)O. The highest BCUT2D eigenvalue weighted by Crippen LogP contribution is 2.27. The van der Waals surface area contributed by atoms with E-state index in [-0.39, 0.29) is 21.3 Å². The van der Waals surface area contributed by atoms with Crippen LogP contribution in [0.2, 0.25) is 0 Å². The maximum absolute atomic E-state index is 12.5. The molecule has 9 heteroatoms. The summed E-state index contributed by atoms with van der Waals surface area (Å²) in [6.07, 6.45) is 0. The monoisotopic (exact) mass is 375 g/mol. The minimum atomic E-state index is -3.98. The van der Waals surface area contributed by atoms with Crippen molar-refractivity contribution in [2.75, 3.05) is 10.5 Å². The number of nitrogen functional groups attached to an aromatic ring is 1. The number of sulfonamides is 1. The van der Waals surface area contributed by atoms with Crippen LogP contribution in [0.15, 0.2) is 58.8 Å². The average Bonchev–Trinajstić information content (AvgIpc) is 3.03. The van der Waals surface area contributed by atoms with Crippen LogP contribution in [0.1, 0.15) is 10.4 Å². The average molecular weight is 375 g/mol. The van der Waals surface area contributed by atoms with E-state index in [1.54, 1.807) is 5.38 Å². The molecule has 0 atom stereocenters. The van der Waals surface area contributed by atoms with Gasteiger partial charge in [-0.05, 0) is 18.2 Å². The number of hydrogen-bond acceptors (Lipinski definition) is 6. The van der Waals surface area contributed by atoms with Gasteiger partial charge in [-0.15, -0.1) is 11.3 Å². The summed E-state index contributed by atoms with van der Waals surface area (Å²) in [7, 11) is -3.98. The van der Waals surface area contributed by atoms with E-state index in [1.807, 2.05) is 30.3 Å². The molecular formula is C16H13N3O4S2. The van der Waals surface area contributed by atoms with Gasteiger partial charge in [0, 0.05) is 16.6 Å². The van der Waals surface area contributed by atoms with E-state index in [9.17, 15) is 13.2 Å². The predicted octanol–water partition coefficient (Wildman–Crippen LogP) is 2.89. The summed E-state index contributed by atoms with van der Waals surface area (Å²) >= 11 is 1.14. The Labute approximate surface area is 147 Å². The van der Waals surface area contributed by atoms with E-state index in [0.29, 0.717) is 5.69 Å². The molecule has 0 unspecified atom stereocenters. The van der Waals surface area contributed by atoms with Crippen molar-refractivity contribution in [3.05, 3.63) is 59.5 Å². The van der Waals surface area contributed by atoms with E-state index in [4.69, 9.17) is 10.8 Å². The number of nitrogens with zero attached hydrogens (tertiary/aromatic N) is 1. The van der Waals surface area contributed by atoms with Gasteiger partial charge in [-0.1, -0.05) is 30.3 Å². The molecule has 0 fully saturated rings. The number of rotatable bonds is 5. The van der Waals surface area contributed by atoms with Gasteiger partial charge in [0.2, 0.25) is 0 Å². The lowest BCUT2D eigenvalue weighted by Crippen LogP contribution is -2.14. The molecular weight excluding hydrogens is 362 g/mol. The molecule has 0 aliphatic rings. The number of thiazole rings is 1. The second-order valence-corrected chi connectivity index (χ2v) is 7.60. The first-order chi connectivity index (χ1) is 11.9. The number of aromatic carboxylic acids is 1. The third kappa shape index (κ3) is 3.62. The Morgan fingerprint density at radius 3 is 2.56 bits per heavy atom. The third-order valence-electron chi connectivity index (χ3n) is 3.36. The first-order valence-corrected chi connectivity index (χ1v) is 9.40. The molecule has 0 saturated heterocycles. The van der Waals surface area contributed by atoms with Crippen molar-refractivity contribution < 1.29 is 18.3 Å². The lowest BCUT2D eigenvalue weighted by Gasteiger charge is -2.07. The second kappa shape index (κ2) is 6.54. The largest absolute Gasteiger partial charge is 0.478 e. The van der Waals surface area contributed by atoms with E-state index < -0.39 is 16.0 Å². The van der Waals surface area contributed by atoms with Gasteiger partial charge in [0.05, 0.1) is 16.2 Å². The Bertz CT molecular complexity index is 1030. The minimum absolute atomic E-state index is 0.00735. The van der Waals surface area contributed by atoms with Crippen molar-refractivity contribution >= 4 is 38.1 Å². The van der Waals surface area contributed by atoms with E-state index in [1.165, 1.54) is 12.1 Å². The molecule has 1 aromatic heterocycles. The molecule has 25 heavy (non-hydrogen) atoms. The zero-order valence-corrected chi connectivity index (χ0v) is 14.3. The van der Waals surface area contributed by atoms with Crippen LogP contribution in [0.4, 0.5) is 10.8 Å². The minimum Gasteiger partial charge on any atom is -0.478 e. The molecule has 7 nitrogen and oxygen atoms in total. The fourth-order valence-corrected chi connectivity index (χ4v) is 4.12. The van der Waals surface area contributed by atoms with Crippen LogP contribution >= 0.6 is 11.3 Å². The summed E-state index contributed by atoms with van der Waals surface area (Å²) < 4.78 is 27.3. The van der Waals surface area contributed by atoms with E-state index >= 15 is 0 Å². The molecule has 0 bridgehead atoms. The van der Waals surface area contributed by atoms with Crippen LogP contribution in [-0.4, -0.2) is 24.5 Å². The highest BCUT2D eigenvalue weighted by molar-refractivity contribution is 7.93. The summed E-state index contributed by atoms with van der Waals surface area (Å²) in [5.74, 6) is -1.30. The fraction of sp³-hybridized carbons (Fsp3) is 0. The number of carbonyl (C=O) groups is 1. The summed E-state index contributed by atoms with van der Waals surface area (Å²) in [5.41, 5.74) is 6.78. The number of hydrogen-bond donors (Lipinski definition) is 3. The first-order valence-electron chi connectivity index (χ1n) is 7.03. The molecule has 0 aliphatic heterocycles.